The second-order valence-electron chi connectivity index (χ2n) is 7.49. The minimum absolute atomic E-state index is 0.0205. The molecule has 0 saturated carbocycles. The van der Waals surface area contributed by atoms with Gasteiger partial charge in [-0.2, -0.15) is 5.26 Å². The maximum absolute atomic E-state index is 13.7. The summed E-state index contributed by atoms with van der Waals surface area (Å²) in [5.41, 5.74) is 8.10. The molecule has 3 N–H and O–H groups in total. The smallest absolute Gasteiger partial charge is 0.241 e. The predicted molar refractivity (Wildman–Crippen MR) is 113 cm³/mol. The molecular weight excluding hydrogens is 401 g/mol. The van der Waals surface area contributed by atoms with Crippen molar-refractivity contribution in [2.75, 3.05) is 6.54 Å². The van der Waals surface area contributed by atoms with E-state index < -0.39 is 24.2 Å². The van der Waals surface area contributed by atoms with E-state index in [1.165, 1.54) is 4.90 Å². The van der Waals surface area contributed by atoms with E-state index in [1.807, 2.05) is 18.2 Å². The van der Waals surface area contributed by atoms with Crippen molar-refractivity contribution in [3.05, 3.63) is 59.1 Å². The van der Waals surface area contributed by atoms with E-state index in [0.29, 0.717) is 17.2 Å². The van der Waals surface area contributed by atoms with Crippen molar-refractivity contribution >= 4 is 22.5 Å². The van der Waals surface area contributed by atoms with Gasteiger partial charge in [-0.3, -0.25) is 4.79 Å². The number of nitrogens with zero attached hydrogens (tertiary/aromatic N) is 3. The first-order valence-corrected chi connectivity index (χ1v) is 9.79. The lowest BCUT2D eigenvalue weighted by molar-refractivity contribution is -0.132. The molecule has 2 aromatic carbocycles. The molecule has 0 aliphatic carbocycles. The zero-order valence-electron chi connectivity index (χ0n) is 16.5. The Kier molecular flexibility index (Phi) is 5.64. The average molecular weight is 421 g/mol. The van der Waals surface area contributed by atoms with E-state index in [9.17, 15) is 19.4 Å². The quantitative estimate of drug-likeness (QED) is 0.587. The van der Waals surface area contributed by atoms with Crippen LogP contribution in [0.5, 0.6) is 11.5 Å². The molecule has 8 nitrogen and oxygen atoms in total. The highest BCUT2D eigenvalue weighted by molar-refractivity contribution is 5.87. The highest BCUT2D eigenvalue weighted by Crippen LogP contribution is 2.29. The Labute approximate surface area is 177 Å². The highest BCUT2D eigenvalue weighted by Gasteiger charge is 2.37. The first-order valence-electron chi connectivity index (χ1n) is 9.79. The summed E-state index contributed by atoms with van der Waals surface area (Å²) in [5, 5.41) is 12.9. The fraction of sp³-hybridized carbons (Fsp3) is 0.273. The van der Waals surface area contributed by atoms with Gasteiger partial charge in [0.05, 0.1) is 18.7 Å². The van der Waals surface area contributed by atoms with Crippen LogP contribution in [0.1, 0.15) is 12.0 Å². The summed E-state index contributed by atoms with van der Waals surface area (Å²) in [6, 6.07) is 12.2. The summed E-state index contributed by atoms with van der Waals surface area (Å²) in [6.45, 7) is -0.102. The van der Waals surface area contributed by atoms with Crippen LogP contribution in [0.25, 0.3) is 10.9 Å². The topological polar surface area (TPSA) is 125 Å². The number of hydrogen-bond donors (Lipinski definition) is 2. The summed E-state index contributed by atoms with van der Waals surface area (Å²) < 4.78 is 19.5. The maximum Gasteiger partial charge on any atom is 0.241 e. The molecule has 0 bridgehead atoms. The summed E-state index contributed by atoms with van der Waals surface area (Å²) in [7, 11) is 0. The van der Waals surface area contributed by atoms with Crippen LogP contribution in [0.2, 0.25) is 0 Å². The van der Waals surface area contributed by atoms with E-state index in [1.54, 1.807) is 36.5 Å². The minimum atomic E-state index is -1.20. The van der Waals surface area contributed by atoms with Gasteiger partial charge < -0.3 is 20.4 Å². The number of amides is 1. The minimum Gasteiger partial charge on any atom is -0.457 e. The number of carbonyl (C=O) groups is 1. The van der Waals surface area contributed by atoms with Gasteiger partial charge in [0.15, 0.2) is 0 Å². The van der Waals surface area contributed by atoms with E-state index >= 15 is 0 Å². The van der Waals surface area contributed by atoms with Crippen LogP contribution in [0.15, 0.2) is 53.8 Å². The molecule has 9 heteroatoms. The normalized spacial score (nSPS) is 19.2. The molecule has 1 fully saturated rings. The molecular formula is C22H20FN5O3. The Morgan fingerprint density at radius 1 is 1.32 bits per heavy atom. The van der Waals surface area contributed by atoms with Crippen LogP contribution < -0.4 is 10.5 Å². The zero-order valence-corrected chi connectivity index (χ0v) is 16.5. The molecule has 1 aromatic heterocycles. The van der Waals surface area contributed by atoms with Crippen LogP contribution in [-0.2, 0) is 11.2 Å². The molecule has 0 radical (unpaired) electrons. The first-order chi connectivity index (χ1) is 15.0. The molecule has 4 rings (SSSR count). The monoisotopic (exact) mass is 421 g/mol. The molecule has 3 unspecified atom stereocenters. The van der Waals surface area contributed by atoms with Crippen LogP contribution in [0.3, 0.4) is 0 Å². The lowest BCUT2D eigenvalue weighted by Crippen LogP contribution is -2.46. The number of likely N-dealkylation sites (tertiary alicyclic amines) is 1. The van der Waals surface area contributed by atoms with Crippen molar-refractivity contribution in [1.29, 1.82) is 5.26 Å². The number of ether oxygens (including phenoxy) is 1. The zero-order chi connectivity index (χ0) is 22.0. The van der Waals surface area contributed by atoms with Gasteiger partial charge >= 0.3 is 0 Å². The summed E-state index contributed by atoms with van der Waals surface area (Å²) >= 11 is 0. The van der Waals surface area contributed by atoms with E-state index in [-0.39, 0.29) is 19.4 Å². The summed E-state index contributed by atoms with van der Waals surface area (Å²) in [6.07, 6.45) is 0.820. The number of alkyl halides is 1. The highest BCUT2D eigenvalue weighted by atomic mass is 19.1. The maximum atomic E-state index is 13.7. The second-order valence-corrected chi connectivity index (χ2v) is 7.49. The number of benzene rings is 2. The van der Waals surface area contributed by atoms with Gasteiger partial charge in [-0.15, -0.1) is 4.91 Å². The molecule has 1 amide bonds. The van der Waals surface area contributed by atoms with Crippen LogP contribution >= 0.6 is 0 Å². The number of aromatic amines is 1. The Hall–Kier alpha value is -3.77. The van der Waals surface area contributed by atoms with Crippen molar-refractivity contribution in [3.63, 3.8) is 0 Å². The lowest BCUT2D eigenvalue weighted by atomic mass is 10.0. The van der Waals surface area contributed by atoms with Gasteiger partial charge in [0.2, 0.25) is 5.91 Å². The van der Waals surface area contributed by atoms with Gasteiger partial charge in [0.1, 0.15) is 29.4 Å². The van der Waals surface area contributed by atoms with E-state index in [4.69, 9.17) is 10.5 Å². The number of nitrogens with one attached hydrogen (secondary N) is 1. The molecule has 31 heavy (non-hydrogen) atoms. The number of nitriles is 1. The third kappa shape index (κ3) is 4.25. The van der Waals surface area contributed by atoms with Crippen molar-refractivity contribution in [2.24, 2.45) is 10.9 Å². The number of nitroso groups, excluding NO2 is 1. The molecule has 1 aliphatic rings. The van der Waals surface area contributed by atoms with Crippen molar-refractivity contribution in [2.45, 2.75) is 31.1 Å². The Bertz CT molecular complexity index is 1150. The number of H-pyrrole nitrogens is 1. The fourth-order valence-electron chi connectivity index (χ4n) is 3.79. The molecule has 1 saturated heterocycles. The number of carbonyl (C=O) groups excluding carboxylic acids is 1. The van der Waals surface area contributed by atoms with Crippen LogP contribution in [0.4, 0.5) is 10.1 Å². The Balaban J connectivity index is 1.51. The SMILES string of the molecule is N#CC1CC(F)CN1C(=O)C(N)Cc1c[nH]c2ccc(Oc3ccc(N=O)cc3)cc12. The predicted octanol–water partition coefficient (Wildman–Crippen LogP) is 3.69. The number of hydrogen-bond acceptors (Lipinski definition) is 6. The number of nitrogens with two attached hydrogens (primary N) is 1. The molecule has 3 atom stereocenters. The van der Waals surface area contributed by atoms with Crippen molar-refractivity contribution < 1.29 is 13.9 Å². The fourth-order valence-corrected chi connectivity index (χ4v) is 3.79. The van der Waals surface area contributed by atoms with Crippen molar-refractivity contribution in [1.82, 2.24) is 9.88 Å². The van der Waals surface area contributed by atoms with Gasteiger partial charge in [0.25, 0.3) is 0 Å². The average Bonchev–Trinajstić information content (AvgIpc) is 3.36. The molecule has 158 valence electrons. The summed E-state index contributed by atoms with van der Waals surface area (Å²) in [5.74, 6) is 0.690. The molecule has 1 aliphatic heterocycles. The van der Waals surface area contributed by atoms with E-state index in [2.05, 4.69) is 10.2 Å². The summed E-state index contributed by atoms with van der Waals surface area (Å²) in [4.78, 5) is 27.6. The van der Waals surface area contributed by atoms with Gasteiger partial charge in [-0.1, -0.05) is 0 Å². The third-order valence-corrected chi connectivity index (χ3v) is 5.36. The Morgan fingerprint density at radius 3 is 2.77 bits per heavy atom. The first kappa shape index (κ1) is 20.5. The number of aromatic nitrogens is 1. The standard InChI is InChI=1S/C22H20FN5O3/c23-14-8-16(10-24)28(12-14)22(29)20(25)7-13-11-26-21-6-5-18(9-19(13)21)31-17-3-1-15(27-30)2-4-17/h1-6,9,11,14,16,20,26H,7-8,12,25H2. The van der Waals surface area contributed by atoms with Gasteiger partial charge in [-0.05, 0) is 59.6 Å². The van der Waals surface area contributed by atoms with Crippen LogP contribution in [0, 0.1) is 16.2 Å². The second kappa shape index (κ2) is 8.53. The van der Waals surface area contributed by atoms with Gasteiger partial charge in [-0.25, -0.2) is 4.39 Å². The number of halogens is 1. The molecule has 0 spiro atoms. The van der Waals surface area contributed by atoms with Gasteiger partial charge in [0, 0.05) is 23.5 Å². The van der Waals surface area contributed by atoms with E-state index in [0.717, 1.165) is 16.5 Å². The number of rotatable bonds is 6. The molecule has 2 heterocycles. The number of fused-ring (bicyclic) bond motifs is 1. The Morgan fingerprint density at radius 2 is 2.06 bits per heavy atom. The largest absolute Gasteiger partial charge is 0.457 e. The van der Waals surface area contributed by atoms with Crippen molar-refractivity contribution in [3.8, 4) is 17.6 Å². The lowest BCUT2D eigenvalue weighted by Gasteiger charge is -2.23. The molecule has 3 aromatic rings. The van der Waals surface area contributed by atoms with Crippen LogP contribution in [-0.4, -0.2) is 40.6 Å². The third-order valence-electron chi connectivity index (χ3n) is 5.36.